The molecule has 21 heavy (non-hydrogen) atoms. The Morgan fingerprint density at radius 1 is 1.24 bits per heavy atom. The first-order valence-electron chi connectivity index (χ1n) is 6.57. The minimum absolute atomic E-state index is 0.195. The van der Waals surface area contributed by atoms with Gasteiger partial charge in [-0.15, -0.1) is 0 Å². The number of benzene rings is 1. The second kappa shape index (κ2) is 6.28. The molecule has 0 bridgehead atoms. The topological polar surface area (TPSA) is 75.3 Å². The lowest BCUT2D eigenvalue weighted by Crippen LogP contribution is -2.31. The van der Waals surface area contributed by atoms with E-state index in [2.05, 4.69) is 10.2 Å². The van der Waals surface area contributed by atoms with Crippen molar-refractivity contribution in [2.75, 3.05) is 20.2 Å². The van der Waals surface area contributed by atoms with Crippen LogP contribution in [0.5, 0.6) is 5.75 Å². The first-order valence-corrected chi connectivity index (χ1v) is 8.01. The van der Waals surface area contributed by atoms with Crippen molar-refractivity contribution in [3.63, 3.8) is 0 Å². The maximum atomic E-state index is 12.3. The molecule has 114 valence electrons. The van der Waals surface area contributed by atoms with Crippen molar-refractivity contribution in [3.8, 4) is 5.75 Å². The SMILES string of the molecule is Cc1ccc(OCCN(C)S(=O)(=O)c2cn[nH]c2C)cc1. The van der Waals surface area contributed by atoms with E-state index >= 15 is 0 Å². The predicted octanol–water partition coefficient (Wildman–Crippen LogP) is 1.73. The second-order valence-electron chi connectivity index (χ2n) is 4.85. The summed E-state index contributed by atoms with van der Waals surface area (Å²) >= 11 is 0. The highest BCUT2D eigenvalue weighted by atomic mass is 32.2. The molecule has 0 radical (unpaired) electrons. The van der Waals surface area contributed by atoms with Gasteiger partial charge in [0, 0.05) is 13.6 Å². The van der Waals surface area contributed by atoms with E-state index in [9.17, 15) is 8.42 Å². The molecule has 0 aliphatic carbocycles. The summed E-state index contributed by atoms with van der Waals surface area (Å²) in [6.45, 7) is 4.23. The van der Waals surface area contributed by atoms with Crippen molar-refractivity contribution >= 4 is 10.0 Å². The zero-order chi connectivity index (χ0) is 15.5. The molecule has 0 unspecified atom stereocenters. The second-order valence-corrected chi connectivity index (χ2v) is 6.86. The molecule has 0 aliphatic heterocycles. The van der Waals surface area contributed by atoms with Crippen molar-refractivity contribution in [2.24, 2.45) is 0 Å². The Labute approximate surface area is 124 Å². The Kier molecular flexibility index (Phi) is 4.64. The van der Waals surface area contributed by atoms with E-state index in [1.54, 1.807) is 6.92 Å². The molecule has 0 fully saturated rings. The average Bonchev–Trinajstić information content (AvgIpc) is 2.88. The van der Waals surface area contributed by atoms with Crippen LogP contribution in [-0.2, 0) is 10.0 Å². The van der Waals surface area contributed by atoms with E-state index < -0.39 is 10.0 Å². The van der Waals surface area contributed by atoms with E-state index in [0.29, 0.717) is 5.69 Å². The molecule has 0 saturated carbocycles. The van der Waals surface area contributed by atoms with Crippen LogP contribution in [0.2, 0.25) is 0 Å². The number of hydrogen-bond acceptors (Lipinski definition) is 4. The molecule has 0 saturated heterocycles. The number of hydrogen-bond donors (Lipinski definition) is 1. The third-order valence-electron chi connectivity index (χ3n) is 3.17. The van der Waals surface area contributed by atoms with E-state index in [4.69, 9.17) is 4.74 Å². The molecule has 6 nitrogen and oxygen atoms in total. The van der Waals surface area contributed by atoms with Crippen molar-refractivity contribution in [3.05, 3.63) is 41.7 Å². The van der Waals surface area contributed by atoms with Crippen LogP contribution >= 0.6 is 0 Å². The Balaban J connectivity index is 1.94. The van der Waals surface area contributed by atoms with E-state index in [1.165, 1.54) is 17.5 Å². The first-order chi connectivity index (χ1) is 9.91. The molecule has 2 aromatic rings. The Hall–Kier alpha value is -1.86. The van der Waals surface area contributed by atoms with Crippen LogP contribution in [0.3, 0.4) is 0 Å². The highest BCUT2D eigenvalue weighted by molar-refractivity contribution is 7.89. The standard InChI is InChI=1S/C14H19N3O3S/c1-11-4-6-13(7-5-11)20-9-8-17(3)21(18,19)14-10-15-16-12(14)2/h4-7,10H,8-9H2,1-3H3,(H,15,16). The van der Waals surface area contributed by atoms with Crippen molar-refractivity contribution < 1.29 is 13.2 Å². The highest BCUT2D eigenvalue weighted by Gasteiger charge is 2.23. The van der Waals surface area contributed by atoms with Gasteiger partial charge in [0.15, 0.2) is 0 Å². The van der Waals surface area contributed by atoms with Crippen LogP contribution in [0.15, 0.2) is 35.4 Å². The van der Waals surface area contributed by atoms with Gasteiger partial charge in [0.05, 0.1) is 11.9 Å². The largest absolute Gasteiger partial charge is 0.492 e. The Bertz CT molecular complexity index is 693. The number of nitrogens with one attached hydrogen (secondary N) is 1. The van der Waals surface area contributed by atoms with Gasteiger partial charge in [0.2, 0.25) is 10.0 Å². The number of rotatable bonds is 6. The normalized spacial score (nSPS) is 11.8. The van der Waals surface area contributed by atoms with Crippen LogP contribution in [0.1, 0.15) is 11.3 Å². The third-order valence-corrected chi connectivity index (χ3v) is 5.14. The zero-order valence-corrected chi connectivity index (χ0v) is 13.1. The fourth-order valence-corrected chi connectivity index (χ4v) is 3.08. The molecule has 0 aliphatic rings. The fraction of sp³-hybridized carbons (Fsp3) is 0.357. The van der Waals surface area contributed by atoms with Gasteiger partial charge in [-0.25, -0.2) is 8.42 Å². The van der Waals surface area contributed by atoms with Crippen LogP contribution in [-0.4, -0.2) is 43.1 Å². The number of aromatic nitrogens is 2. The van der Waals surface area contributed by atoms with Crippen LogP contribution < -0.4 is 4.74 Å². The maximum absolute atomic E-state index is 12.3. The summed E-state index contributed by atoms with van der Waals surface area (Å²) in [5, 5.41) is 6.37. The Morgan fingerprint density at radius 3 is 2.48 bits per heavy atom. The molecule has 0 amide bonds. The van der Waals surface area contributed by atoms with Crippen LogP contribution in [0.4, 0.5) is 0 Å². The molecular weight excluding hydrogens is 290 g/mol. The molecule has 1 aromatic heterocycles. The van der Waals surface area contributed by atoms with Gasteiger partial charge in [-0.1, -0.05) is 17.7 Å². The third kappa shape index (κ3) is 3.62. The molecule has 1 aromatic carbocycles. The first kappa shape index (κ1) is 15.5. The van der Waals surface area contributed by atoms with Gasteiger partial charge < -0.3 is 4.74 Å². The van der Waals surface area contributed by atoms with E-state index in [-0.39, 0.29) is 18.0 Å². The van der Waals surface area contributed by atoms with Crippen LogP contribution in [0.25, 0.3) is 0 Å². The monoisotopic (exact) mass is 309 g/mol. The molecular formula is C14H19N3O3S. The van der Waals surface area contributed by atoms with Crippen molar-refractivity contribution in [1.82, 2.24) is 14.5 Å². The lowest BCUT2D eigenvalue weighted by atomic mass is 10.2. The lowest BCUT2D eigenvalue weighted by Gasteiger charge is -2.17. The van der Waals surface area contributed by atoms with Gasteiger partial charge in [-0.3, -0.25) is 5.10 Å². The van der Waals surface area contributed by atoms with Gasteiger partial charge in [0.25, 0.3) is 0 Å². The maximum Gasteiger partial charge on any atom is 0.246 e. The smallest absolute Gasteiger partial charge is 0.246 e. The molecule has 1 N–H and O–H groups in total. The number of nitrogens with zero attached hydrogens (tertiary/aromatic N) is 2. The minimum Gasteiger partial charge on any atom is -0.492 e. The zero-order valence-electron chi connectivity index (χ0n) is 12.3. The van der Waals surface area contributed by atoms with Gasteiger partial charge in [0.1, 0.15) is 17.3 Å². The summed E-state index contributed by atoms with van der Waals surface area (Å²) in [4.78, 5) is 0.195. The number of aryl methyl sites for hydroxylation is 2. The number of likely N-dealkylation sites (N-methyl/N-ethyl adjacent to an activating group) is 1. The number of ether oxygens (including phenoxy) is 1. The Morgan fingerprint density at radius 2 is 1.90 bits per heavy atom. The highest BCUT2D eigenvalue weighted by Crippen LogP contribution is 2.16. The molecule has 1 heterocycles. The number of sulfonamides is 1. The fourth-order valence-electron chi connectivity index (χ4n) is 1.81. The van der Waals surface area contributed by atoms with E-state index in [0.717, 1.165) is 11.3 Å². The van der Waals surface area contributed by atoms with Gasteiger partial charge >= 0.3 is 0 Å². The quantitative estimate of drug-likeness (QED) is 0.881. The summed E-state index contributed by atoms with van der Waals surface area (Å²) in [5.74, 6) is 0.728. The number of H-pyrrole nitrogens is 1. The van der Waals surface area contributed by atoms with Crippen LogP contribution in [0, 0.1) is 13.8 Å². The van der Waals surface area contributed by atoms with Crippen molar-refractivity contribution in [1.29, 1.82) is 0 Å². The van der Waals surface area contributed by atoms with Gasteiger partial charge in [-0.05, 0) is 26.0 Å². The summed E-state index contributed by atoms with van der Waals surface area (Å²) in [7, 11) is -2.00. The molecule has 0 atom stereocenters. The van der Waals surface area contributed by atoms with E-state index in [1.807, 2.05) is 31.2 Å². The summed E-state index contributed by atoms with van der Waals surface area (Å²) in [5.41, 5.74) is 1.68. The summed E-state index contributed by atoms with van der Waals surface area (Å²) < 4.78 is 31.4. The molecule has 2 rings (SSSR count). The van der Waals surface area contributed by atoms with Gasteiger partial charge in [-0.2, -0.15) is 9.40 Å². The summed E-state index contributed by atoms with van der Waals surface area (Å²) in [6.07, 6.45) is 1.32. The van der Waals surface area contributed by atoms with Crippen molar-refractivity contribution in [2.45, 2.75) is 18.7 Å². The predicted molar refractivity (Wildman–Crippen MR) is 79.8 cm³/mol. The average molecular weight is 309 g/mol. The summed E-state index contributed by atoms with van der Waals surface area (Å²) in [6, 6.07) is 7.63. The minimum atomic E-state index is -3.53. The molecule has 7 heteroatoms. The molecule has 0 spiro atoms. The number of aromatic amines is 1. The lowest BCUT2D eigenvalue weighted by molar-refractivity contribution is 0.287.